The lowest BCUT2D eigenvalue weighted by Crippen LogP contribution is -2.19. The van der Waals surface area contributed by atoms with Crippen molar-refractivity contribution in [1.29, 1.82) is 0 Å². The van der Waals surface area contributed by atoms with Crippen LogP contribution in [0.4, 0.5) is 22.7 Å². The summed E-state index contributed by atoms with van der Waals surface area (Å²) in [7, 11) is 0. The average Bonchev–Trinajstić information content (AvgIpc) is 3.49. The molecule has 0 saturated heterocycles. The standard InChI is InChI=1S/C40H34N2/c1-2-8-16-35(15-7-1)41(36-17-9-3-4-10-18-36)39-29-25-33(26-30-39)23-24-34-27-31-40(32-28-34)42(37-19-11-5-12-20-37)38-21-13-6-14-22-38/h1-3,5-7,9-32H,4,8H2/b24-23+. The first-order valence-corrected chi connectivity index (χ1v) is 14.5. The van der Waals surface area contributed by atoms with Crippen molar-refractivity contribution in [3.05, 3.63) is 192 Å². The van der Waals surface area contributed by atoms with Gasteiger partial charge in [-0.3, -0.25) is 0 Å². The molecule has 0 heterocycles. The number of anilines is 4. The van der Waals surface area contributed by atoms with Crippen LogP contribution in [0.15, 0.2) is 181 Å². The zero-order chi connectivity index (χ0) is 28.4. The Hall–Kier alpha value is -5.34. The van der Waals surface area contributed by atoms with Gasteiger partial charge in [0, 0.05) is 34.1 Å². The quantitative estimate of drug-likeness (QED) is 0.204. The van der Waals surface area contributed by atoms with Gasteiger partial charge in [0.25, 0.3) is 0 Å². The summed E-state index contributed by atoms with van der Waals surface area (Å²) in [5.74, 6) is 0. The SMILES string of the molecule is C1=CCC=CC(N(C2=CCC=CC=C2)c2ccc(/C=C/c3ccc(N(c4ccccc4)c4ccccc4)cc3)cc2)=C1. The van der Waals surface area contributed by atoms with E-state index in [1.165, 1.54) is 5.70 Å². The highest BCUT2D eigenvalue weighted by Gasteiger charge is 2.15. The van der Waals surface area contributed by atoms with Gasteiger partial charge in [-0.05, 0) is 90.7 Å². The van der Waals surface area contributed by atoms with Crippen molar-refractivity contribution in [3.63, 3.8) is 0 Å². The maximum absolute atomic E-state index is 2.33. The van der Waals surface area contributed by atoms with Crippen LogP contribution in [0.25, 0.3) is 12.2 Å². The first-order valence-electron chi connectivity index (χ1n) is 14.5. The van der Waals surface area contributed by atoms with Crippen LogP contribution in [0.2, 0.25) is 0 Å². The van der Waals surface area contributed by atoms with E-state index < -0.39 is 0 Å². The summed E-state index contributed by atoms with van der Waals surface area (Å²) in [6.45, 7) is 0. The smallest absolute Gasteiger partial charge is 0.0462 e. The Morgan fingerprint density at radius 2 is 0.976 bits per heavy atom. The lowest BCUT2D eigenvalue weighted by atomic mass is 10.1. The number of hydrogen-bond acceptors (Lipinski definition) is 2. The molecule has 4 aromatic rings. The Labute approximate surface area is 249 Å². The Bertz CT molecular complexity index is 1640. The molecule has 0 atom stereocenters. The molecule has 6 rings (SSSR count). The molecule has 0 aromatic heterocycles. The highest BCUT2D eigenvalue weighted by atomic mass is 15.2. The van der Waals surface area contributed by atoms with E-state index in [9.17, 15) is 0 Å². The second-order valence-electron chi connectivity index (χ2n) is 10.2. The van der Waals surface area contributed by atoms with Crippen molar-refractivity contribution in [2.45, 2.75) is 12.8 Å². The van der Waals surface area contributed by atoms with Gasteiger partial charge in [-0.1, -0.05) is 115 Å². The van der Waals surface area contributed by atoms with E-state index in [0.717, 1.165) is 52.4 Å². The number of nitrogens with zero attached hydrogens (tertiary/aromatic N) is 2. The molecule has 0 aliphatic heterocycles. The Morgan fingerprint density at radius 1 is 0.429 bits per heavy atom. The maximum atomic E-state index is 2.33. The molecular formula is C40H34N2. The fraction of sp³-hybridized carbons (Fsp3) is 0.0500. The fourth-order valence-corrected chi connectivity index (χ4v) is 5.16. The van der Waals surface area contributed by atoms with E-state index in [1.54, 1.807) is 0 Å². The molecule has 0 unspecified atom stereocenters. The largest absolute Gasteiger partial charge is 0.311 e. The van der Waals surface area contributed by atoms with Gasteiger partial charge < -0.3 is 9.80 Å². The second kappa shape index (κ2) is 13.3. The Balaban J connectivity index is 1.22. The van der Waals surface area contributed by atoms with Crippen LogP contribution in [0.5, 0.6) is 0 Å². The molecule has 0 amide bonds. The van der Waals surface area contributed by atoms with E-state index in [1.807, 2.05) is 0 Å². The van der Waals surface area contributed by atoms with Gasteiger partial charge >= 0.3 is 0 Å². The molecular weight excluding hydrogens is 508 g/mol. The molecule has 2 nitrogen and oxygen atoms in total. The van der Waals surface area contributed by atoms with Crippen LogP contribution in [-0.2, 0) is 0 Å². The molecule has 0 spiro atoms. The predicted octanol–water partition coefficient (Wildman–Crippen LogP) is 10.9. The summed E-state index contributed by atoms with van der Waals surface area (Å²) in [6, 6.07) is 38.5. The third-order valence-corrected chi connectivity index (χ3v) is 7.26. The summed E-state index contributed by atoms with van der Waals surface area (Å²) >= 11 is 0. The first kappa shape index (κ1) is 26.9. The van der Waals surface area contributed by atoms with E-state index in [4.69, 9.17) is 0 Å². The number of hydrogen-bond donors (Lipinski definition) is 0. The van der Waals surface area contributed by atoms with Gasteiger partial charge in [-0.25, -0.2) is 0 Å². The molecule has 0 radical (unpaired) electrons. The monoisotopic (exact) mass is 542 g/mol. The second-order valence-corrected chi connectivity index (χ2v) is 10.2. The molecule has 0 bridgehead atoms. The van der Waals surface area contributed by atoms with Gasteiger partial charge in [-0.15, -0.1) is 0 Å². The molecule has 4 aromatic carbocycles. The average molecular weight is 543 g/mol. The highest BCUT2D eigenvalue weighted by Crippen LogP contribution is 2.34. The Kier molecular flexibility index (Phi) is 8.53. The van der Waals surface area contributed by atoms with Crippen molar-refractivity contribution < 1.29 is 0 Å². The number of rotatable bonds is 8. The van der Waals surface area contributed by atoms with Crippen LogP contribution in [0.1, 0.15) is 24.0 Å². The minimum atomic E-state index is 0.916. The van der Waals surface area contributed by atoms with Crippen LogP contribution < -0.4 is 9.80 Å². The molecule has 0 N–H and O–H groups in total. The van der Waals surface area contributed by atoms with Crippen LogP contribution >= 0.6 is 0 Å². The maximum Gasteiger partial charge on any atom is 0.0462 e. The fourth-order valence-electron chi connectivity index (χ4n) is 5.16. The lowest BCUT2D eigenvalue weighted by Gasteiger charge is -2.27. The zero-order valence-corrected chi connectivity index (χ0v) is 23.6. The minimum absolute atomic E-state index is 0.916. The first-order chi connectivity index (χ1) is 20.8. The molecule has 204 valence electrons. The summed E-state index contributed by atoms with van der Waals surface area (Å²) in [5.41, 5.74) is 9.20. The third kappa shape index (κ3) is 6.51. The molecule has 2 heteroatoms. The van der Waals surface area contributed by atoms with Gasteiger partial charge in [0.15, 0.2) is 0 Å². The molecule has 0 fully saturated rings. The number of para-hydroxylation sites is 2. The molecule has 42 heavy (non-hydrogen) atoms. The van der Waals surface area contributed by atoms with Crippen molar-refractivity contribution in [3.8, 4) is 0 Å². The zero-order valence-electron chi connectivity index (χ0n) is 23.6. The highest BCUT2D eigenvalue weighted by molar-refractivity contribution is 5.78. The van der Waals surface area contributed by atoms with E-state index in [-0.39, 0.29) is 0 Å². The normalized spacial score (nSPS) is 14.3. The minimum Gasteiger partial charge on any atom is -0.311 e. The Morgan fingerprint density at radius 3 is 1.60 bits per heavy atom. The predicted molar refractivity (Wildman–Crippen MR) is 181 cm³/mol. The summed E-state index contributed by atoms with van der Waals surface area (Å²) < 4.78 is 0. The third-order valence-electron chi connectivity index (χ3n) is 7.26. The van der Waals surface area contributed by atoms with Crippen LogP contribution in [0, 0.1) is 0 Å². The van der Waals surface area contributed by atoms with E-state index in [0.29, 0.717) is 0 Å². The number of benzene rings is 4. The summed E-state index contributed by atoms with van der Waals surface area (Å²) in [4.78, 5) is 4.61. The van der Waals surface area contributed by atoms with Crippen molar-refractivity contribution in [2.24, 2.45) is 0 Å². The molecule has 2 aliphatic rings. The van der Waals surface area contributed by atoms with Crippen molar-refractivity contribution >= 4 is 34.9 Å². The topological polar surface area (TPSA) is 6.48 Å². The number of allylic oxidation sites excluding steroid dienone is 10. The molecule has 0 saturated carbocycles. The summed E-state index contributed by atoms with van der Waals surface area (Å²) in [5, 5.41) is 0. The van der Waals surface area contributed by atoms with Crippen molar-refractivity contribution in [1.82, 2.24) is 0 Å². The van der Waals surface area contributed by atoms with Gasteiger partial charge in [0.2, 0.25) is 0 Å². The van der Waals surface area contributed by atoms with Gasteiger partial charge in [0.05, 0.1) is 0 Å². The van der Waals surface area contributed by atoms with Gasteiger partial charge in [0.1, 0.15) is 0 Å². The molecule has 2 aliphatic carbocycles. The van der Waals surface area contributed by atoms with E-state index in [2.05, 4.69) is 192 Å². The van der Waals surface area contributed by atoms with Gasteiger partial charge in [-0.2, -0.15) is 0 Å². The lowest BCUT2D eigenvalue weighted by molar-refractivity contribution is 1.12. The van der Waals surface area contributed by atoms with E-state index >= 15 is 0 Å². The summed E-state index contributed by atoms with van der Waals surface area (Å²) in [6.07, 6.45) is 28.0. The van der Waals surface area contributed by atoms with Crippen LogP contribution in [-0.4, -0.2) is 0 Å². The van der Waals surface area contributed by atoms with Crippen molar-refractivity contribution in [2.75, 3.05) is 9.80 Å². The van der Waals surface area contributed by atoms with Crippen LogP contribution in [0.3, 0.4) is 0 Å².